The molecule has 0 N–H and O–H groups in total. The average Bonchev–Trinajstić information content (AvgIpc) is 3.50. The molecule has 0 bridgehead atoms. The fourth-order valence-electron chi connectivity index (χ4n) is 6.11. The Labute approximate surface area is 259 Å². The van der Waals surface area contributed by atoms with Crippen molar-refractivity contribution in [3.8, 4) is 16.9 Å². The lowest BCUT2D eigenvalue weighted by atomic mass is 9.97. The van der Waals surface area contributed by atoms with E-state index in [2.05, 4.69) is 54.1 Å². The van der Waals surface area contributed by atoms with Crippen LogP contribution in [0.4, 0.5) is 0 Å². The molecule has 0 saturated heterocycles. The minimum Gasteiger partial charge on any atom is -0.493 e. The molecule has 0 radical (unpaired) electrons. The van der Waals surface area contributed by atoms with Crippen LogP contribution in [-0.2, 0) is 35.9 Å². The van der Waals surface area contributed by atoms with Gasteiger partial charge in [-0.2, -0.15) is 5.10 Å². The highest BCUT2D eigenvalue weighted by molar-refractivity contribution is 6.05. The van der Waals surface area contributed by atoms with E-state index in [0.29, 0.717) is 51.5 Å². The summed E-state index contributed by atoms with van der Waals surface area (Å²) in [6, 6.07) is 20.6. The molecule has 0 saturated carbocycles. The SMILES string of the molecule is C=CCOCCc1c(-c2cccc3c(CCCOc4cccc5ccccc45)c(C(=O)OCC)n(CC=C)c23)c(C)nn1C. The lowest BCUT2D eigenvalue weighted by molar-refractivity contribution is 0.0513. The molecule has 0 spiro atoms. The Hall–Kier alpha value is -4.62. The number of nitrogens with zero attached hydrogens (tertiary/aromatic N) is 3. The van der Waals surface area contributed by atoms with Crippen LogP contribution in [0.3, 0.4) is 0 Å². The number of aromatic nitrogens is 3. The average molecular weight is 592 g/mol. The smallest absolute Gasteiger partial charge is 0.355 e. The summed E-state index contributed by atoms with van der Waals surface area (Å²) in [5.41, 5.74) is 6.59. The molecular formula is C37H41N3O4. The van der Waals surface area contributed by atoms with E-state index in [4.69, 9.17) is 19.3 Å². The van der Waals surface area contributed by atoms with Crippen LogP contribution >= 0.6 is 0 Å². The van der Waals surface area contributed by atoms with Gasteiger partial charge in [-0.25, -0.2) is 4.79 Å². The highest BCUT2D eigenvalue weighted by atomic mass is 16.5. The largest absolute Gasteiger partial charge is 0.493 e. The number of hydrogen-bond donors (Lipinski definition) is 0. The van der Waals surface area contributed by atoms with E-state index in [1.807, 2.05) is 55.9 Å². The number of esters is 1. The second-order valence-electron chi connectivity index (χ2n) is 10.7. The van der Waals surface area contributed by atoms with Gasteiger partial charge in [0.05, 0.1) is 37.6 Å². The predicted molar refractivity (Wildman–Crippen MR) is 178 cm³/mol. The van der Waals surface area contributed by atoms with Crippen molar-refractivity contribution in [3.63, 3.8) is 0 Å². The molecule has 2 aromatic heterocycles. The summed E-state index contributed by atoms with van der Waals surface area (Å²) in [6.07, 6.45) is 5.65. The molecule has 2 heterocycles. The minimum atomic E-state index is -0.331. The van der Waals surface area contributed by atoms with Gasteiger partial charge in [0.15, 0.2) is 0 Å². The number of carbonyl (C=O) groups is 1. The zero-order valence-corrected chi connectivity index (χ0v) is 26.0. The van der Waals surface area contributed by atoms with Crippen molar-refractivity contribution < 1.29 is 19.0 Å². The molecule has 44 heavy (non-hydrogen) atoms. The maximum Gasteiger partial charge on any atom is 0.355 e. The molecule has 5 rings (SSSR count). The molecule has 0 aliphatic rings. The summed E-state index contributed by atoms with van der Waals surface area (Å²) in [6.45, 7) is 14.0. The van der Waals surface area contributed by atoms with Crippen molar-refractivity contribution in [2.75, 3.05) is 26.4 Å². The molecule has 0 aliphatic heterocycles. The highest BCUT2D eigenvalue weighted by Gasteiger charge is 2.27. The van der Waals surface area contributed by atoms with Crippen molar-refractivity contribution in [2.24, 2.45) is 7.05 Å². The number of allylic oxidation sites excluding steroid dienone is 1. The van der Waals surface area contributed by atoms with E-state index in [1.54, 1.807) is 6.08 Å². The number of carbonyl (C=O) groups excluding carboxylic acids is 1. The minimum absolute atomic E-state index is 0.293. The standard InChI is InChI=1S/C37H41N3O4/c1-6-22-40-35-29(17-12-18-31(35)34-26(4)38-39(5)32(34)21-25-42-23-7-2)30(36(40)37(41)43-8-3)19-13-24-44-33-20-11-15-27-14-9-10-16-28(27)33/h6-7,9-12,14-18,20H,1-2,8,13,19,21-25H2,3-5H3. The molecular weight excluding hydrogens is 550 g/mol. The summed E-state index contributed by atoms with van der Waals surface area (Å²) >= 11 is 0. The van der Waals surface area contributed by atoms with Crippen LogP contribution in [0.5, 0.6) is 5.75 Å². The zero-order chi connectivity index (χ0) is 31.1. The fourth-order valence-corrected chi connectivity index (χ4v) is 6.11. The van der Waals surface area contributed by atoms with Gasteiger partial charge < -0.3 is 18.8 Å². The maximum atomic E-state index is 13.6. The first-order valence-corrected chi connectivity index (χ1v) is 15.2. The first-order valence-electron chi connectivity index (χ1n) is 15.2. The van der Waals surface area contributed by atoms with E-state index in [1.165, 1.54) is 0 Å². The number of fused-ring (bicyclic) bond motifs is 2. The quantitative estimate of drug-likeness (QED) is 0.0712. The summed E-state index contributed by atoms with van der Waals surface area (Å²) in [5.74, 6) is 0.532. The Morgan fingerprint density at radius 2 is 1.73 bits per heavy atom. The summed E-state index contributed by atoms with van der Waals surface area (Å²) in [7, 11) is 1.97. The monoisotopic (exact) mass is 591 g/mol. The number of ether oxygens (including phenoxy) is 3. The molecule has 228 valence electrons. The van der Waals surface area contributed by atoms with Crippen LogP contribution in [-0.4, -0.2) is 46.7 Å². The van der Waals surface area contributed by atoms with Crippen LogP contribution in [0, 0.1) is 6.92 Å². The first kappa shape index (κ1) is 30.8. The lowest BCUT2D eigenvalue weighted by Crippen LogP contribution is -2.14. The predicted octanol–water partition coefficient (Wildman–Crippen LogP) is 7.62. The van der Waals surface area contributed by atoms with Crippen LogP contribution < -0.4 is 4.74 Å². The highest BCUT2D eigenvalue weighted by Crippen LogP contribution is 2.38. The van der Waals surface area contributed by atoms with E-state index in [-0.39, 0.29) is 5.97 Å². The van der Waals surface area contributed by atoms with E-state index >= 15 is 0 Å². The molecule has 0 aliphatic carbocycles. The third-order valence-corrected chi connectivity index (χ3v) is 7.87. The molecule has 0 amide bonds. The topological polar surface area (TPSA) is 67.5 Å². The van der Waals surface area contributed by atoms with Crippen molar-refractivity contribution in [1.82, 2.24) is 14.3 Å². The molecule has 7 heteroatoms. The normalized spacial score (nSPS) is 11.2. The van der Waals surface area contributed by atoms with Crippen LogP contribution in [0.25, 0.3) is 32.8 Å². The molecule has 5 aromatic rings. The number of rotatable bonds is 15. The molecule has 0 fully saturated rings. The van der Waals surface area contributed by atoms with E-state index in [0.717, 1.165) is 61.9 Å². The van der Waals surface area contributed by atoms with Crippen molar-refractivity contribution >= 4 is 27.6 Å². The number of para-hydroxylation sites is 1. The number of benzene rings is 3. The maximum absolute atomic E-state index is 13.6. The van der Waals surface area contributed by atoms with Gasteiger partial charge in [0.25, 0.3) is 0 Å². The van der Waals surface area contributed by atoms with Crippen LogP contribution in [0.2, 0.25) is 0 Å². The van der Waals surface area contributed by atoms with Crippen molar-refractivity contribution in [1.29, 1.82) is 0 Å². The van der Waals surface area contributed by atoms with Gasteiger partial charge in [-0.1, -0.05) is 66.7 Å². The lowest BCUT2D eigenvalue weighted by Gasteiger charge is -2.13. The van der Waals surface area contributed by atoms with Crippen LogP contribution in [0.15, 0.2) is 86.0 Å². The second-order valence-corrected chi connectivity index (χ2v) is 10.7. The molecule has 3 aromatic carbocycles. The third-order valence-electron chi connectivity index (χ3n) is 7.87. The van der Waals surface area contributed by atoms with Gasteiger partial charge in [-0.15, -0.1) is 13.2 Å². The Balaban J connectivity index is 1.55. The Morgan fingerprint density at radius 3 is 2.52 bits per heavy atom. The number of aryl methyl sites for hydroxylation is 3. The molecule has 0 atom stereocenters. The van der Waals surface area contributed by atoms with Gasteiger partial charge in [0.2, 0.25) is 0 Å². The van der Waals surface area contributed by atoms with Gasteiger partial charge in [0, 0.05) is 47.6 Å². The van der Waals surface area contributed by atoms with E-state index in [9.17, 15) is 4.79 Å². The zero-order valence-electron chi connectivity index (χ0n) is 26.0. The first-order chi connectivity index (χ1) is 21.5. The molecule has 7 nitrogen and oxygen atoms in total. The van der Waals surface area contributed by atoms with Crippen molar-refractivity contribution in [2.45, 2.75) is 39.7 Å². The van der Waals surface area contributed by atoms with Gasteiger partial charge >= 0.3 is 5.97 Å². The summed E-state index contributed by atoms with van der Waals surface area (Å²) in [5, 5.41) is 8.03. The summed E-state index contributed by atoms with van der Waals surface area (Å²) in [4.78, 5) is 13.6. The van der Waals surface area contributed by atoms with Crippen LogP contribution in [0.1, 0.15) is 40.8 Å². The summed E-state index contributed by atoms with van der Waals surface area (Å²) < 4.78 is 21.6. The van der Waals surface area contributed by atoms with Gasteiger partial charge in [0.1, 0.15) is 11.4 Å². The number of hydrogen-bond acceptors (Lipinski definition) is 5. The Kier molecular flexibility index (Phi) is 9.97. The third kappa shape index (κ3) is 6.19. The Bertz CT molecular complexity index is 1790. The van der Waals surface area contributed by atoms with Gasteiger partial charge in [-0.3, -0.25) is 4.68 Å². The van der Waals surface area contributed by atoms with Gasteiger partial charge in [-0.05, 0) is 43.7 Å². The van der Waals surface area contributed by atoms with E-state index < -0.39 is 0 Å². The fraction of sp³-hybridized carbons (Fsp3) is 0.297. The Morgan fingerprint density at radius 1 is 0.955 bits per heavy atom. The molecule has 0 unspecified atom stereocenters. The van der Waals surface area contributed by atoms with Crippen molar-refractivity contribution in [3.05, 3.63) is 109 Å². The second kappa shape index (κ2) is 14.2.